The lowest BCUT2D eigenvalue weighted by Gasteiger charge is -2.16. The molecule has 36 heavy (non-hydrogen) atoms. The number of benzene rings is 3. The van der Waals surface area contributed by atoms with Crippen molar-refractivity contribution >= 4 is 49.9 Å². The summed E-state index contributed by atoms with van der Waals surface area (Å²) in [6, 6.07) is 23.0. The fraction of sp³-hybridized carbons (Fsp3) is 0.143. The minimum Gasteiger partial charge on any atom is -0.449 e. The summed E-state index contributed by atoms with van der Waals surface area (Å²) in [6.45, 7) is 3.83. The van der Waals surface area contributed by atoms with Gasteiger partial charge in [0.05, 0.1) is 21.5 Å². The van der Waals surface area contributed by atoms with Crippen molar-refractivity contribution in [1.82, 2.24) is 9.97 Å². The monoisotopic (exact) mass is 513 g/mol. The number of thiazole rings is 2. The maximum Gasteiger partial charge on any atom is 0.339 e. The Bertz CT molecular complexity index is 1510. The van der Waals surface area contributed by atoms with Crippen molar-refractivity contribution in [3.05, 3.63) is 89.3 Å². The number of hydrogen-bond acceptors (Lipinski definition) is 7. The van der Waals surface area contributed by atoms with Crippen LogP contribution in [0.2, 0.25) is 0 Å². The zero-order valence-electron chi connectivity index (χ0n) is 19.7. The number of para-hydroxylation sites is 1. The molecule has 5 aromatic rings. The summed E-state index contributed by atoms with van der Waals surface area (Å²) in [4.78, 5) is 35.3. The second-order valence-corrected chi connectivity index (χ2v) is 10.1. The van der Waals surface area contributed by atoms with E-state index in [1.165, 1.54) is 28.2 Å². The molecule has 8 heteroatoms. The molecule has 0 fully saturated rings. The third-order valence-corrected chi connectivity index (χ3v) is 7.49. The van der Waals surface area contributed by atoms with Gasteiger partial charge in [0, 0.05) is 16.5 Å². The van der Waals surface area contributed by atoms with Crippen molar-refractivity contribution in [2.75, 3.05) is 5.32 Å². The Morgan fingerprint density at radius 2 is 1.72 bits per heavy atom. The molecule has 1 N–H and O–H groups in total. The van der Waals surface area contributed by atoms with Crippen LogP contribution in [0.1, 0.15) is 29.3 Å². The van der Waals surface area contributed by atoms with Gasteiger partial charge in [-0.2, -0.15) is 0 Å². The van der Waals surface area contributed by atoms with Crippen LogP contribution >= 0.6 is 22.7 Å². The lowest BCUT2D eigenvalue weighted by Crippen LogP contribution is -2.32. The van der Waals surface area contributed by atoms with Crippen molar-refractivity contribution in [3.63, 3.8) is 0 Å². The smallest absolute Gasteiger partial charge is 0.339 e. The van der Waals surface area contributed by atoms with Crippen molar-refractivity contribution < 1.29 is 14.3 Å². The van der Waals surface area contributed by atoms with Gasteiger partial charge in [0.2, 0.25) is 0 Å². The van der Waals surface area contributed by atoms with Crippen LogP contribution in [0.5, 0.6) is 0 Å². The number of carbonyl (C=O) groups excluding carboxylic acids is 2. The number of aromatic nitrogens is 2. The number of nitrogens with one attached hydrogen (secondary N) is 1. The number of carbonyl (C=O) groups is 2. The average Bonchev–Trinajstić information content (AvgIpc) is 3.54. The van der Waals surface area contributed by atoms with Crippen LogP contribution in [-0.2, 0) is 9.53 Å². The van der Waals surface area contributed by atoms with Crippen molar-refractivity contribution in [3.8, 4) is 21.8 Å². The van der Waals surface area contributed by atoms with Crippen molar-refractivity contribution in [2.24, 2.45) is 0 Å². The van der Waals surface area contributed by atoms with Crippen LogP contribution in [0.3, 0.4) is 0 Å². The molecule has 0 aliphatic rings. The molecule has 0 aliphatic heterocycles. The predicted molar refractivity (Wildman–Crippen MR) is 145 cm³/mol. The van der Waals surface area contributed by atoms with E-state index >= 15 is 0 Å². The molecule has 180 valence electrons. The summed E-state index contributed by atoms with van der Waals surface area (Å²) in [5.41, 5.74) is 4.85. The van der Waals surface area contributed by atoms with E-state index in [0.717, 1.165) is 26.5 Å². The Labute approximate surface area is 216 Å². The molecule has 0 bridgehead atoms. The summed E-state index contributed by atoms with van der Waals surface area (Å²) >= 11 is 2.84. The summed E-state index contributed by atoms with van der Waals surface area (Å²) in [5, 5.41) is 5.87. The van der Waals surface area contributed by atoms with Gasteiger partial charge in [0.1, 0.15) is 5.01 Å². The topological polar surface area (TPSA) is 81.2 Å². The number of aryl methyl sites for hydroxylation is 1. The lowest BCUT2D eigenvalue weighted by molar-refractivity contribution is -0.124. The van der Waals surface area contributed by atoms with Crippen LogP contribution < -0.4 is 5.32 Å². The maximum atomic E-state index is 13.2. The Hall–Kier alpha value is -3.88. The summed E-state index contributed by atoms with van der Waals surface area (Å²) in [6.07, 6.45) is -0.621. The Morgan fingerprint density at radius 3 is 2.50 bits per heavy atom. The highest BCUT2D eigenvalue weighted by atomic mass is 32.1. The molecule has 1 amide bonds. The first-order valence-electron chi connectivity index (χ1n) is 11.5. The van der Waals surface area contributed by atoms with E-state index in [-0.39, 0.29) is 0 Å². The Morgan fingerprint density at radius 1 is 0.972 bits per heavy atom. The van der Waals surface area contributed by atoms with Crippen LogP contribution in [-0.4, -0.2) is 27.9 Å². The zero-order chi connectivity index (χ0) is 25.1. The highest BCUT2D eigenvalue weighted by Crippen LogP contribution is 2.32. The first-order chi connectivity index (χ1) is 17.5. The SMILES string of the molecule is CCC(OC(=O)c1ccccc1-c1nc2ccccc2s1)C(=O)Nc1nc(-c2ccc(C)cc2)cs1. The minimum absolute atomic E-state index is 0.330. The first-order valence-corrected chi connectivity index (χ1v) is 13.2. The number of nitrogens with zero attached hydrogens (tertiary/aromatic N) is 2. The van der Waals surface area contributed by atoms with E-state index in [2.05, 4.69) is 15.3 Å². The molecular formula is C28H23N3O3S2. The van der Waals surface area contributed by atoms with Gasteiger partial charge in [0.15, 0.2) is 11.2 Å². The van der Waals surface area contributed by atoms with Gasteiger partial charge in [-0.15, -0.1) is 22.7 Å². The quantitative estimate of drug-likeness (QED) is 0.238. The van der Waals surface area contributed by atoms with Gasteiger partial charge in [-0.25, -0.2) is 14.8 Å². The molecule has 0 radical (unpaired) electrons. The molecule has 2 heterocycles. The minimum atomic E-state index is -0.951. The molecule has 6 nitrogen and oxygen atoms in total. The summed E-state index contributed by atoms with van der Waals surface area (Å²) < 4.78 is 6.70. The molecule has 2 aromatic heterocycles. The third kappa shape index (κ3) is 5.05. The van der Waals surface area contributed by atoms with Crippen LogP contribution in [0.25, 0.3) is 32.0 Å². The Kier molecular flexibility index (Phi) is 6.88. The number of hydrogen-bond donors (Lipinski definition) is 1. The molecule has 5 rings (SSSR count). The van der Waals surface area contributed by atoms with E-state index in [0.29, 0.717) is 22.7 Å². The number of anilines is 1. The molecule has 0 saturated heterocycles. The molecule has 3 aromatic carbocycles. The van der Waals surface area contributed by atoms with E-state index in [9.17, 15) is 9.59 Å². The highest BCUT2D eigenvalue weighted by Gasteiger charge is 2.25. The number of amides is 1. The van der Waals surface area contributed by atoms with Gasteiger partial charge in [-0.05, 0) is 31.5 Å². The third-order valence-electron chi connectivity index (χ3n) is 5.67. The Balaban J connectivity index is 1.31. The number of esters is 1. The van der Waals surface area contributed by atoms with E-state index < -0.39 is 18.0 Å². The van der Waals surface area contributed by atoms with Crippen LogP contribution in [0, 0.1) is 6.92 Å². The van der Waals surface area contributed by atoms with Gasteiger partial charge in [0.25, 0.3) is 5.91 Å². The maximum absolute atomic E-state index is 13.2. The number of ether oxygens (including phenoxy) is 1. The second kappa shape index (κ2) is 10.4. The molecule has 1 unspecified atom stereocenters. The lowest BCUT2D eigenvalue weighted by atomic mass is 10.1. The predicted octanol–water partition coefficient (Wildman–Crippen LogP) is 6.97. The van der Waals surface area contributed by atoms with Crippen molar-refractivity contribution in [2.45, 2.75) is 26.4 Å². The number of fused-ring (bicyclic) bond motifs is 1. The molecule has 0 aliphatic carbocycles. The summed E-state index contributed by atoms with van der Waals surface area (Å²) in [7, 11) is 0. The largest absolute Gasteiger partial charge is 0.449 e. The highest BCUT2D eigenvalue weighted by molar-refractivity contribution is 7.21. The zero-order valence-corrected chi connectivity index (χ0v) is 21.4. The van der Waals surface area contributed by atoms with E-state index in [1.807, 2.05) is 73.0 Å². The van der Waals surface area contributed by atoms with Gasteiger partial charge in [-0.3, -0.25) is 10.1 Å². The molecule has 0 spiro atoms. The summed E-state index contributed by atoms with van der Waals surface area (Å²) in [5.74, 6) is -0.973. The molecule has 1 atom stereocenters. The molecular weight excluding hydrogens is 490 g/mol. The second-order valence-electron chi connectivity index (χ2n) is 8.23. The van der Waals surface area contributed by atoms with Gasteiger partial charge < -0.3 is 4.74 Å². The number of rotatable bonds is 7. The fourth-order valence-corrected chi connectivity index (χ4v) is 5.45. The van der Waals surface area contributed by atoms with Crippen LogP contribution in [0.4, 0.5) is 5.13 Å². The van der Waals surface area contributed by atoms with E-state index in [4.69, 9.17) is 4.74 Å². The normalized spacial score (nSPS) is 11.8. The fourth-order valence-electron chi connectivity index (χ4n) is 3.72. The standard InChI is InChI=1S/C28H23N3O3S2/c1-3-23(25(32)31-28-30-22(16-35-28)18-14-12-17(2)13-15-18)34-27(33)20-9-5-4-8-19(20)26-29-21-10-6-7-11-24(21)36-26/h4-16,23H,3H2,1-2H3,(H,30,31,32). The van der Waals surface area contributed by atoms with E-state index in [1.54, 1.807) is 19.1 Å². The van der Waals surface area contributed by atoms with Gasteiger partial charge in [-0.1, -0.05) is 67.1 Å². The molecule has 0 saturated carbocycles. The first kappa shape index (κ1) is 23.8. The van der Waals surface area contributed by atoms with Crippen molar-refractivity contribution in [1.29, 1.82) is 0 Å². The van der Waals surface area contributed by atoms with Crippen LogP contribution in [0.15, 0.2) is 78.2 Å². The average molecular weight is 514 g/mol. The van der Waals surface area contributed by atoms with Gasteiger partial charge >= 0.3 is 5.97 Å².